The lowest BCUT2D eigenvalue weighted by atomic mass is 10.2. The molecule has 0 aliphatic rings. The highest BCUT2D eigenvalue weighted by molar-refractivity contribution is 7.80. The number of aromatic nitrogens is 2. The Kier molecular flexibility index (Phi) is 8.88. The van der Waals surface area contributed by atoms with Crippen molar-refractivity contribution in [3.8, 4) is 0 Å². The summed E-state index contributed by atoms with van der Waals surface area (Å²) in [6.07, 6.45) is 3.93. The van der Waals surface area contributed by atoms with E-state index >= 15 is 0 Å². The molecule has 0 bridgehead atoms. The van der Waals surface area contributed by atoms with Crippen LogP contribution in [-0.4, -0.2) is 36.6 Å². The first kappa shape index (κ1) is 24.2. The number of hydrazine groups is 1. The van der Waals surface area contributed by atoms with Gasteiger partial charge in [-0.15, -0.1) is 0 Å². The van der Waals surface area contributed by atoms with Crippen LogP contribution in [0.4, 0.5) is 23.0 Å². The van der Waals surface area contributed by atoms with Gasteiger partial charge in [0.15, 0.2) is 0 Å². The highest BCUT2D eigenvalue weighted by atomic mass is 32.3. The largest absolute Gasteiger partial charge is 0.726 e. The molecule has 11 nitrogen and oxygen atoms in total. The lowest BCUT2D eigenvalue weighted by molar-refractivity contribution is -0.656. The lowest BCUT2D eigenvalue weighted by Crippen LogP contribution is -2.32. The summed E-state index contributed by atoms with van der Waals surface area (Å²) in [5.41, 5.74) is 8.96. The second kappa shape index (κ2) is 10.6. The van der Waals surface area contributed by atoms with E-state index in [0.717, 1.165) is 30.1 Å². The molecular formula is C17H28N6O5S. The number of rotatable bonds is 7. The molecule has 2 aromatic rings. The van der Waals surface area contributed by atoms with Gasteiger partial charge in [0.05, 0.1) is 45.0 Å². The average molecular weight is 429 g/mol. The molecule has 0 radical (unpaired) electrons. The maximum Gasteiger partial charge on any atom is 0.378 e. The van der Waals surface area contributed by atoms with Gasteiger partial charge in [-0.1, -0.05) is 0 Å². The Morgan fingerprint density at radius 1 is 1.24 bits per heavy atom. The quantitative estimate of drug-likeness (QED) is 0.223. The third-order valence-electron chi connectivity index (χ3n) is 3.48. The first-order valence-corrected chi connectivity index (χ1v) is 9.99. The third-order valence-corrected chi connectivity index (χ3v) is 3.89. The fraction of sp³-hybridized carbons (Fsp3) is 0.412. The van der Waals surface area contributed by atoms with Crippen LogP contribution in [0.1, 0.15) is 20.8 Å². The standard InChI is InChI=1S/C16H24N6O.CH4O4S/c1-11(2)17-14-7-6-13(18-12(3)23)10-15(14)19-20-16-21(4)8-9-22(16)5;1-5-6(2,3)4/h6-11,17,19H,1-5H3,(H,18,23);1H3,(H,2,3,4). The van der Waals surface area contributed by atoms with Crippen LogP contribution in [0.3, 0.4) is 0 Å². The molecule has 0 spiro atoms. The lowest BCUT2D eigenvalue weighted by Gasteiger charge is -2.16. The van der Waals surface area contributed by atoms with Crippen molar-refractivity contribution in [2.45, 2.75) is 26.8 Å². The van der Waals surface area contributed by atoms with Crippen LogP contribution in [0, 0.1) is 0 Å². The van der Waals surface area contributed by atoms with Gasteiger partial charge >= 0.3 is 5.95 Å². The molecule has 0 aliphatic heterocycles. The van der Waals surface area contributed by atoms with E-state index in [-0.39, 0.29) is 5.91 Å². The number of imidazole rings is 1. The van der Waals surface area contributed by atoms with Crippen molar-refractivity contribution in [1.82, 2.24) is 4.57 Å². The van der Waals surface area contributed by atoms with Gasteiger partial charge in [0, 0.05) is 18.7 Å². The van der Waals surface area contributed by atoms with Crippen molar-refractivity contribution in [1.29, 1.82) is 0 Å². The van der Waals surface area contributed by atoms with E-state index in [4.69, 9.17) is 0 Å². The number of aryl methyl sites for hydroxylation is 2. The summed E-state index contributed by atoms with van der Waals surface area (Å²) < 4.78 is 35.0. The van der Waals surface area contributed by atoms with E-state index in [1.165, 1.54) is 6.92 Å². The van der Waals surface area contributed by atoms with Gasteiger partial charge in [0.2, 0.25) is 16.3 Å². The highest BCUT2D eigenvalue weighted by Gasteiger charge is 2.12. The van der Waals surface area contributed by atoms with Crippen LogP contribution < -0.4 is 26.1 Å². The summed E-state index contributed by atoms with van der Waals surface area (Å²) in [6.45, 7) is 5.65. The summed E-state index contributed by atoms with van der Waals surface area (Å²) in [4.78, 5) is 11.3. The summed E-state index contributed by atoms with van der Waals surface area (Å²) in [6, 6.07) is 6.01. The van der Waals surface area contributed by atoms with E-state index in [1.807, 2.05) is 53.8 Å². The predicted octanol–water partition coefficient (Wildman–Crippen LogP) is 1.16. The molecule has 12 heteroatoms. The molecule has 1 heterocycles. The van der Waals surface area contributed by atoms with Crippen LogP contribution in [0.2, 0.25) is 0 Å². The maximum absolute atomic E-state index is 11.3. The second-order valence-corrected chi connectivity index (χ2v) is 7.56. The van der Waals surface area contributed by atoms with Crippen molar-refractivity contribution < 1.29 is 26.5 Å². The Labute approximate surface area is 171 Å². The van der Waals surface area contributed by atoms with Gasteiger partial charge in [0.1, 0.15) is 0 Å². The van der Waals surface area contributed by atoms with Crippen molar-refractivity contribution in [3.05, 3.63) is 30.6 Å². The van der Waals surface area contributed by atoms with E-state index in [1.54, 1.807) is 0 Å². The molecule has 0 unspecified atom stereocenters. The summed E-state index contributed by atoms with van der Waals surface area (Å²) >= 11 is 0. The van der Waals surface area contributed by atoms with Crippen LogP contribution in [-0.2, 0) is 33.5 Å². The zero-order valence-electron chi connectivity index (χ0n) is 17.3. The number of amides is 1. The normalized spacial score (nSPS) is 10.8. The molecule has 162 valence electrons. The minimum absolute atomic E-state index is 0.0951. The number of carbonyl (C=O) groups is 1. The van der Waals surface area contributed by atoms with Gasteiger partial charge in [-0.05, 0) is 32.0 Å². The number of nitrogens with one attached hydrogen (secondary N) is 4. The van der Waals surface area contributed by atoms with E-state index in [2.05, 4.69) is 39.5 Å². The van der Waals surface area contributed by atoms with E-state index in [9.17, 15) is 17.8 Å². The first-order valence-electron chi connectivity index (χ1n) is 8.65. The first-order chi connectivity index (χ1) is 13.4. The van der Waals surface area contributed by atoms with Gasteiger partial charge in [-0.25, -0.2) is 23.0 Å². The average Bonchev–Trinajstić information content (AvgIpc) is 2.92. The zero-order chi connectivity index (χ0) is 22.2. The number of carbonyl (C=O) groups excluding carboxylic acids is 1. The minimum Gasteiger partial charge on any atom is -0.726 e. The van der Waals surface area contributed by atoms with Crippen LogP contribution in [0.25, 0.3) is 0 Å². The number of benzene rings is 1. The van der Waals surface area contributed by atoms with Crippen molar-refractivity contribution in [2.24, 2.45) is 14.1 Å². The SMILES string of the molecule is CC(=O)Nc1ccc(NC(C)C)c(NNc2n(C)cc[n+]2C)c1.COS(=O)(=O)[O-]. The summed E-state index contributed by atoms with van der Waals surface area (Å²) in [5, 5.41) is 6.18. The number of nitrogens with zero attached hydrogens (tertiary/aromatic N) is 2. The molecule has 0 fully saturated rings. The Bertz CT molecular complexity index is 907. The number of hydrogen-bond donors (Lipinski definition) is 4. The van der Waals surface area contributed by atoms with Crippen LogP contribution in [0.5, 0.6) is 0 Å². The fourth-order valence-electron chi connectivity index (χ4n) is 2.26. The number of anilines is 4. The van der Waals surface area contributed by atoms with Crippen molar-refractivity contribution >= 4 is 39.3 Å². The fourth-order valence-corrected chi connectivity index (χ4v) is 2.26. The van der Waals surface area contributed by atoms with Gasteiger partial charge in [-0.3, -0.25) is 8.98 Å². The molecule has 1 amide bonds. The molecule has 0 saturated carbocycles. The Morgan fingerprint density at radius 2 is 1.86 bits per heavy atom. The Hall–Kier alpha value is -2.83. The topological polar surface area (TPSA) is 140 Å². The monoisotopic (exact) mass is 428 g/mol. The van der Waals surface area contributed by atoms with E-state index in [0.29, 0.717) is 6.04 Å². The van der Waals surface area contributed by atoms with Gasteiger partial charge in [-0.2, -0.15) is 5.43 Å². The van der Waals surface area contributed by atoms with Crippen molar-refractivity contribution in [2.75, 3.05) is 28.6 Å². The number of hydrogen-bond acceptors (Lipinski definition) is 8. The molecule has 0 aliphatic carbocycles. The molecule has 29 heavy (non-hydrogen) atoms. The van der Waals surface area contributed by atoms with Crippen molar-refractivity contribution in [3.63, 3.8) is 0 Å². The van der Waals surface area contributed by atoms with Gasteiger partial charge in [0.25, 0.3) is 0 Å². The third kappa shape index (κ3) is 8.81. The highest BCUT2D eigenvalue weighted by Crippen LogP contribution is 2.26. The van der Waals surface area contributed by atoms with Gasteiger partial charge < -0.3 is 15.2 Å². The molecular weight excluding hydrogens is 400 g/mol. The van der Waals surface area contributed by atoms with Crippen LogP contribution >= 0.6 is 0 Å². The van der Waals surface area contributed by atoms with Crippen LogP contribution in [0.15, 0.2) is 30.6 Å². The molecule has 1 aromatic carbocycles. The second-order valence-electron chi connectivity index (χ2n) is 6.41. The molecule has 2 rings (SSSR count). The molecule has 4 N–H and O–H groups in total. The predicted molar refractivity (Wildman–Crippen MR) is 110 cm³/mol. The smallest absolute Gasteiger partial charge is 0.378 e. The zero-order valence-corrected chi connectivity index (χ0v) is 18.1. The Balaban J connectivity index is 0.000000612. The Morgan fingerprint density at radius 3 is 2.31 bits per heavy atom. The molecule has 1 aromatic heterocycles. The summed E-state index contributed by atoms with van der Waals surface area (Å²) in [7, 11) is 0.322. The molecule has 0 atom stereocenters. The maximum atomic E-state index is 11.3. The van der Waals surface area contributed by atoms with E-state index < -0.39 is 10.4 Å². The minimum atomic E-state index is -4.41. The summed E-state index contributed by atoms with van der Waals surface area (Å²) in [5.74, 6) is 0.813. The molecule has 0 saturated heterocycles.